The highest BCUT2D eigenvalue weighted by Crippen LogP contribution is 2.16. The maximum absolute atomic E-state index is 12.9. The van der Waals surface area contributed by atoms with E-state index in [9.17, 15) is 9.59 Å². The molecular formula is C21H23N3O2. The van der Waals surface area contributed by atoms with Gasteiger partial charge in [0.2, 0.25) is 0 Å². The van der Waals surface area contributed by atoms with Gasteiger partial charge in [-0.25, -0.2) is 0 Å². The molecule has 0 aliphatic heterocycles. The number of H-pyrrole nitrogens is 1. The number of pyridine rings is 2. The molecule has 26 heavy (non-hydrogen) atoms. The largest absolute Gasteiger partial charge is 0.334 e. The fourth-order valence-electron chi connectivity index (χ4n) is 3.03. The summed E-state index contributed by atoms with van der Waals surface area (Å²) in [6.45, 7) is 6.98. The van der Waals surface area contributed by atoms with Gasteiger partial charge in [0, 0.05) is 35.6 Å². The van der Waals surface area contributed by atoms with E-state index in [1.165, 1.54) is 0 Å². The first-order chi connectivity index (χ1) is 12.4. The van der Waals surface area contributed by atoms with Crippen LogP contribution in [0.1, 0.15) is 35.3 Å². The highest BCUT2D eigenvalue weighted by Gasteiger charge is 2.19. The Kier molecular flexibility index (Phi) is 5.16. The lowest BCUT2D eigenvalue weighted by Crippen LogP contribution is -2.35. The summed E-state index contributed by atoms with van der Waals surface area (Å²) >= 11 is 0. The van der Waals surface area contributed by atoms with E-state index in [1.807, 2.05) is 31.2 Å². The van der Waals surface area contributed by atoms with E-state index in [-0.39, 0.29) is 18.0 Å². The average molecular weight is 349 g/mol. The van der Waals surface area contributed by atoms with Gasteiger partial charge in [-0.2, -0.15) is 0 Å². The summed E-state index contributed by atoms with van der Waals surface area (Å²) in [7, 11) is 0. The van der Waals surface area contributed by atoms with Crippen LogP contribution >= 0.6 is 0 Å². The lowest BCUT2D eigenvalue weighted by Gasteiger charge is -2.24. The molecule has 3 aromatic rings. The Morgan fingerprint density at radius 3 is 2.58 bits per heavy atom. The van der Waals surface area contributed by atoms with Crippen LogP contribution in [-0.2, 0) is 6.54 Å². The van der Waals surface area contributed by atoms with Gasteiger partial charge in [-0.1, -0.05) is 25.5 Å². The highest BCUT2D eigenvalue weighted by molar-refractivity contribution is 5.94. The molecule has 0 bridgehead atoms. The molecule has 5 heteroatoms. The van der Waals surface area contributed by atoms with Gasteiger partial charge in [-0.3, -0.25) is 14.6 Å². The van der Waals surface area contributed by atoms with E-state index in [1.54, 1.807) is 29.4 Å². The van der Waals surface area contributed by atoms with Crippen molar-refractivity contribution in [1.82, 2.24) is 14.9 Å². The van der Waals surface area contributed by atoms with Crippen LogP contribution in [0.15, 0.2) is 53.6 Å². The minimum Gasteiger partial charge on any atom is -0.334 e. The van der Waals surface area contributed by atoms with E-state index in [0.717, 1.165) is 16.5 Å². The van der Waals surface area contributed by atoms with Gasteiger partial charge in [-0.15, -0.1) is 0 Å². The van der Waals surface area contributed by atoms with Crippen molar-refractivity contribution in [2.45, 2.75) is 27.3 Å². The molecular weight excluding hydrogens is 326 g/mol. The maximum atomic E-state index is 12.9. The van der Waals surface area contributed by atoms with Crippen molar-refractivity contribution in [2.75, 3.05) is 6.54 Å². The Labute approximate surface area is 152 Å². The first kappa shape index (κ1) is 17.9. The molecule has 3 rings (SSSR count). The van der Waals surface area contributed by atoms with Gasteiger partial charge in [0.25, 0.3) is 11.5 Å². The van der Waals surface area contributed by atoms with Crippen molar-refractivity contribution in [3.8, 4) is 0 Å². The third-order valence-electron chi connectivity index (χ3n) is 4.24. The maximum Gasteiger partial charge on any atom is 0.254 e. The normalized spacial score (nSPS) is 11.1. The molecule has 134 valence electrons. The predicted molar refractivity (Wildman–Crippen MR) is 103 cm³/mol. The Morgan fingerprint density at radius 2 is 1.88 bits per heavy atom. The number of carbonyl (C=O) groups is 1. The molecule has 1 aromatic carbocycles. The molecule has 0 saturated heterocycles. The zero-order valence-electron chi connectivity index (χ0n) is 15.3. The zero-order chi connectivity index (χ0) is 18.7. The number of aromatic amines is 1. The first-order valence-electron chi connectivity index (χ1n) is 8.76. The van der Waals surface area contributed by atoms with Crippen molar-refractivity contribution in [3.05, 3.63) is 75.8 Å². The molecule has 5 nitrogen and oxygen atoms in total. The van der Waals surface area contributed by atoms with Crippen LogP contribution in [0, 0.1) is 12.8 Å². The van der Waals surface area contributed by atoms with Crippen molar-refractivity contribution < 1.29 is 4.79 Å². The second-order valence-electron chi connectivity index (χ2n) is 7.03. The van der Waals surface area contributed by atoms with Gasteiger partial charge in [-0.05, 0) is 48.6 Å². The minimum atomic E-state index is -0.155. The SMILES string of the molecule is Cc1ccc2[nH]c(=O)c(CN(CC(C)C)C(=O)c3ccncc3)cc2c1. The van der Waals surface area contributed by atoms with Crippen molar-refractivity contribution in [1.29, 1.82) is 0 Å². The molecule has 2 heterocycles. The van der Waals surface area contributed by atoms with Gasteiger partial charge in [0.15, 0.2) is 0 Å². The molecule has 0 spiro atoms. The summed E-state index contributed by atoms with van der Waals surface area (Å²) in [5.41, 5.74) is 2.94. The number of hydrogen-bond acceptors (Lipinski definition) is 3. The van der Waals surface area contributed by atoms with Gasteiger partial charge in [0.1, 0.15) is 0 Å². The Morgan fingerprint density at radius 1 is 1.15 bits per heavy atom. The average Bonchev–Trinajstić information content (AvgIpc) is 2.62. The molecule has 0 saturated carbocycles. The Bertz CT molecular complexity index is 977. The van der Waals surface area contributed by atoms with Crippen LogP contribution in [0.5, 0.6) is 0 Å². The summed E-state index contributed by atoms with van der Waals surface area (Å²) in [5, 5.41) is 0.973. The second-order valence-corrected chi connectivity index (χ2v) is 7.03. The van der Waals surface area contributed by atoms with E-state index in [4.69, 9.17) is 0 Å². The molecule has 1 amide bonds. The van der Waals surface area contributed by atoms with Crippen molar-refractivity contribution in [3.63, 3.8) is 0 Å². The third-order valence-corrected chi connectivity index (χ3v) is 4.24. The number of amides is 1. The second kappa shape index (κ2) is 7.52. The molecule has 0 aliphatic rings. The number of aryl methyl sites for hydroxylation is 1. The van der Waals surface area contributed by atoms with E-state index in [2.05, 4.69) is 23.8 Å². The van der Waals surface area contributed by atoms with Crippen molar-refractivity contribution in [2.24, 2.45) is 5.92 Å². The van der Waals surface area contributed by atoms with Crippen LogP contribution < -0.4 is 5.56 Å². The van der Waals surface area contributed by atoms with Gasteiger partial charge < -0.3 is 9.88 Å². The topological polar surface area (TPSA) is 66.1 Å². The Balaban J connectivity index is 1.96. The van der Waals surface area contributed by atoms with Crippen molar-refractivity contribution >= 4 is 16.8 Å². The van der Waals surface area contributed by atoms with E-state index in [0.29, 0.717) is 23.6 Å². The Hall–Kier alpha value is -2.95. The molecule has 0 radical (unpaired) electrons. The number of aromatic nitrogens is 2. The third kappa shape index (κ3) is 3.99. The molecule has 0 atom stereocenters. The lowest BCUT2D eigenvalue weighted by molar-refractivity contribution is 0.0722. The van der Waals surface area contributed by atoms with Crippen LogP contribution in [0.2, 0.25) is 0 Å². The number of nitrogens with one attached hydrogen (secondary N) is 1. The number of benzene rings is 1. The highest BCUT2D eigenvalue weighted by atomic mass is 16.2. The number of rotatable bonds is 5. The standard InChI is InChI=1S/C21H23N3O2/c1-14(2)12-24(21(26)16-6-8-22-9-7-16)13-18-11-17-10-15(3)4-5-19(17)23-20(18)25/h4-11,14H,12-13H2,1-3H3,(H,23,25). The van der Waals surface area contributed by atoms with E-state index < -0.39 is 0 Å². The summed E-state index contributed by atoms with van der Waals surface area (Å²) in [6.07, 6.45) is 3.21. The number of nitrogens with zero attached hydrogens (tertiary/aromatic N) is 2. The van der Waals surface area contributed by atoms with Gasteiger partial charge in [0.05, 0.1) is 6.54 Å². The molecule has 0 aliphatic carbocycles. The molecule has 0 fully saturated rings. The van der Waals surface area contributed by atoms with Gasteiger partial charge >= 0.3 is 0 Å². The van der Waals surface area contributed by atoms with Crippen LogP contribution in [0.3, 0.4) is 0 Å². The zero-order valence-corrected chi connectivity index (χ0v) is 15.3. The number of carbonyl (C=O) groups excluding carboxylic acids is 1. The minimum absolute atomic E-state index is 0.0927. The first-order valence-corrected chi connectivity index (χ1v) is 8.76. The number of fused-ring (bicyclic) bond motifs is 1. The smallest absolute Gasteiger partial charge is 0.254 e. The number of hydrogen-bond donors (Lipinski definition) is 1. The quantitative estimate of drug-likeness (QED) is 0.766. The summed E-state index contributed by atoms with van der Waals surface area (Å²) in [5.74, 6) is 0.201. The summed E-state index contributed by atoms with van der Waals surface area (Å²) in [6, 6.07) is 11.2. The van der Waals surface area contributed by atoms with Crippen LogP contribution in [-0.4, -0.2) is 27.3 Å². The fourth-order valence-corrected chi connectivity index (χ4v) is 3.03. The van der Waals surface area contributed by atoms with Crippen LogP contribution in [0.4, 0.5) is 0 Å². The summed E-state index contributed by atoms with van der Waals surface area (Å²) < 4.78 is 0. The fraction of sp³-hybridized carbons (Fsp3) is 0.286. The molecule has 2 aromatic heterocycles. The monoisotopic (exact) mass is 349 g/mol. The van der Waals surface area contributed by atoms with E-state index >= 15 is 0 Å². The molecule has 1 N–H and O–H groups in total. The predicted octanol–water partition coefficient (Wildman–Crippen LogP) is 3.53. The lowest BCUT2D eigenvalue weighted by atomic mass is 10.1. The van der Waals surface area contributed by atoms with Crippen LogP contribution in [0.25, 0.3) is 10.9 Å². The molecule has 0 unspecified atom stereocenters. The summed E-state index contributed by atoms with van der Waals surface area (Å²) in [4.78, 5) is 34.0.